The van der Waals surface area contributed by atoms with E-state index in [0.29, 0.717) is 0 Å². The Balaban J connectivity index is 2.64. The van der Waals surface area contributed by atoms with E-state index in [0.717, 1.165) is 43.9 Å². The van der Waals surface area contributed by atoms with Gasteiger partial charge in [0.05, 0.1) is 13.2 Å². The van der Waals surface area contributed by atoms with E-state index in [1.54, 1.807) is 7.11 Å². The zero-order valence-corrected chi connectivity index (χ0v) is 15.8. The minimum Gasteiger partial charge on any atom is -0.496 e. The molecule has 0 saturated carbocycles. The maximum absolute atomic E-state index is 5.77. The quantitative estimate of drug-likeness (QED) is 0.733. The van der Waals surface area contributed by atoms with Crippen molar-refractivity contribution in [3.8, 4) is 5.75 Å². The summed E-state index contributed by atoms with van der Waals surface area (Å²) in [5.41, 5.74) is 3.35. The van der Waals surface area contributed by atoms with E-state index in [4.69, 9.17) is 9.15 Å². The Morgan fingerprint density at radius 1 is 1.29 bits per heavy atom. The Hall–Kier alpha value is -0.780. The highest BCUT2D eigenvalue weighted by Crippen LogP contribution is 2.39. The van der Waals surface area contributed by atoms with E-state index in [9.17, 15) is 0 Å². The molecule has 1 atom stereocenters. The first kappa shape index (κ1) is 16.6. The van der Waals surface area contributed by atoms with Crippen LogP contribution in [0.15, 0.2) is 31.8 Å². The Morgan fingerprint density at radius 2 is 2.00 bits per heavy atom. The summed E-state index contributed by atoms with van der Waals surface area (Å²) in [6.07, 6.45) is 0. The topological polar surface area (TPSA) is 34.4 Å². The number of hydrogen-bond donors (Lipinski definition) is 1. The van der Waals surface area contributed by atoms with Crippen molar-refractivity contribution in [1.82, 2.24) is 5.32 Å². The van der Waals surface area contributed by atoms with Crippen LogP contribution in [-0.2, 0) is 0 Å². The van der Waals surface area contributed by atoms with Gasteiger partial charge in [0, 0.05) is 10.0 Å². The first-order valence-electron chi connectivity index (χ1n) is 6.81. The van der Waals surface area contributed by atoms with Gasteiger partial charge in [-0.25, -0.2) is 0 Å². The summed E-state index contributed by atoms with van der Waals surface area (Å²) >= 11 is 7.01. The van der Waals surface area contributed by atoms with Crippen LogP contribution in [0.4, 0.5) is 0 Å². The van der Waals surface area contributed by atoms with Crippen LogP contribution in [0.2, 0.25) is 0 Å². The predicted molar refractivity (Wildman–Crippen MR) is 92.1 cm³/mol. The van der Waals surface area contributed by atoms with Crippen LogP contribution in [0.3, 0.4) is 0 Å². The zero-order valence-electron chi connectivity index (χ0n) is 12.6. The first-order valence-corrected chi connectivity index (χ1v) is 8.40. The van der Waals surface area contributed by atoms with Gasteiger partial charge in [0.1, 0.15) is 11.5 Å². The third-order valence-electron chi connectivity index (χ3n) is 3.49. The molecule has 0 aliphatic carbocycles. The fourth-order valence-electron chi connectivity index (χ4n) is 2.53. The van der Waals surface area contributed by atoms with Crippen molar-refractivity contribution < 1.29 is 9.15 Å². The van der Waals surface area contributed by atoms with E-state index >= 15 is 0 Å². The summed E-state index contributed by atoms with van der Waals surface area (Å²) in [7, 11) is 1.71. The summed E-state index contributed by atoms with van der Waals surface area (Å²) in [6.45, 7) is 7.05. The van der Waals surface area contributed by atoms with E-state index in [1.165, 1.54) is 0 Å². The summed E-state index contributed by atoms with van der Waals surface area (Å²) in [6, 6.07) is 5.92. The van der Waals surface area contributed by atoms with Crippen molar-refractivity contribution >= 4 is 31.9 Å². The molecule has 21 heavy (non-hydrogen) atoms. The molecule has 0 bridgehead atoms. The van der Waals surface area contributed by atoms with E-state index in [-0.39, 0.29) is 6.04 Å². The Kier molecular flexibility index (Phi) is 5.52. The second-order valence-corrected chi connectivity index (χ2v) is 6.52. The molecule has 0 radical (unpaired) electrons. The summed E-state index contributed by atoms with van der Waals surface area (Å²) in [5, 5.41) is 3.48. The molecule has 1 heterocycles. The molecule has 2 rings (SSSR count). The highest BCUT2D eigenvalue weighted by molar-refractivity contribution is 9.10. The van der Waals surface area contributed by atoms with Gasteiger partial charge in [-0.05, 0) is 65.6 Å². The van der Waals surface area contributed by atoms with Crippen LogP contribution in [0, 0.1) is 13.8 Å². The molecular weight excluding hydrogens is 398 g/mol. The Bertz CT molecular complexity index is 637. The SMILES string of the molecule is CCNC(c1ccc(Br)o1)c1c(C)c(Br)cc(C)c1OC. The van der Waals surface area contributed by atoms with Crippen molar-refractivity contribution in [2.75, 3.05) is 13.7 Å². The molecular formula is C16H19Br2NO2. The molecule has 0 aliphatic rings. The molecule has 1 unspecified atom stereocenters. The van der Waals surface area contributed by atoms with Crippen molar-refractivity contribution in [3.63, 3.8) is 0 Å². The monoisotopic (exact) mass is 415 g/mol. The average Bonchev–Trinajstić information content (AvgIpc) is 2.87. The lowest BCUT2D eigenvalue weighted by atomic mass is 9.95. The van der Waals surface area contributed by atoms with Crippen molar-refractivity contribution in [1.29, 1.82) is 0 Å². The number of furan rings is 1. The number of rotatable bonds is 5. The Morgan fingerprint density at radius 3 is 2.52 bits per heavy atom. The standard InChI is InChI=1S/C16H19Br2NO2/c1-5-19-15(12-6-7-13(18)21-12)14-10(3)11(17)8-9(2)16(14)20-4/h6-8,15,19H,5H2,1-4H3. The van der Waals surface area contributed by atoms with Gasteiger partial charge in [-0.1, -0.05) is 22.9 Å². The number of nitrogens with one attached hydrogen (secondary N) is 1. The van der Waals surface area contributed by atoms with Crippen LogP contribution >= 0.6 is 31.9 Å². The lowest BCUT2D eigenvalue weighted by Crippen LogP contribution is -2.23. The number of halogens is 2. The molecule has 114 valence electrons. The second kappa shape index (κ2) is 6.99. The number of ether oxygens (including phenoxy) is 1. The number of aryl methyl sites for hydroxylation is 1. The van der Waals surface area contributed by atoms with Crippen LogP contribution in [0.5, 0.6) is 5.75 Å². The Labute approximate surface area is 142 Å². The van der Waals surface area contributed by atoms with Crippen LogP contribution in [0.25, 0.3) is 0 Å². The highest BCUT2D eigenvalue weighted by Gasteiger charge is 2.25. The minimum atomic E-state index is -0.0487. The van der Waals surface area contributed by atoms with Gasteiger partial charge >= 0.3 is 0 Å². The van der Waals surface area contributed by atoms with Crippen LogP contribution in [0.1, 0.15) is 35.4 Å². The number of methoxy groups -OCH3 is 1. The zero-order chi connectivity index (χ0) is 15.6. The van der Waals surface area contributed by atoms with Crippen molar-refractivity contribution in [2.45, 2.75) is 26.8 Å². The summed E-state index contributed by atoms with van der Waals surface area (Å²) < 4.78 is 13.2. The predicted octanol–water partition coefficient (Wildman–Crippen LogP) is 5.13. The van der Waals surface area contributed by atoms with E-state index in [2.05, 4.69) is 57.1 Å². The number of hydrogen-bond acceptors (Lipinski definition) is 3. The van der Waals surface area contributed by atoms with Crippen molar-refractivity contribution in [2.24, 2.45) is 0 Å². The average molecular weight is 417 g/mol. The maximum Gasteiger partial charge on any atom is 0.169 e. The molecule has 0 fully saturated rings. The first-order chi connectivity index (χ1) is 9.99. The molecule has 0 amide bonds. The molecule has 5 heteroatoms. The van der Waals surface area contributed by atoms with Gasteiger partial charge < -0.3 is 14.5 Å². The minimum absolute atomic E-state index is 0.0487. The molecule has 1 aromatic heterocycles. The molecule has 1 aromatic carbocycles. The smallest absolute Gasteiger partial charge is 0.169 e. The lowest BCUT2D eigenvalue weighted by molar-refractivity contribution is 0.387. The second-order valence-electron chi connectivity index (χ2n) is 4.88. The van der Waals surface area contributed by atoms with Gasteiger partial charge in [0.2, 0.25) is 0 Å². The normalized spacial score (nSPS) is 12.5. The highest BCUT2D eigenvalue weighted by atomic mass is 79.9. The van der Waals surface area contributed by atoms with Gasteiger partial charge in [0.15, 0.2) is 4.67 Å². The maximum atomic E-state index is 5.77. The van der Waals surface area contributed by atoms with Gasteiger partial charge in [0.25, 0.3) is 0 Å². The largest absolute Gasteiger partial charge is 0.496 e. The van der Waals surface area contributed by atoms with Crippen LogP contribution < -0.4 is 10.1 Å². The fraction of sp³-hybridized carbons (Fsp3) is 0.375. The molecule has 0 aliphatic heterocycles. The third kappa shape index (κ3) is 3.35. The van der Waals surface area contributed by atoms with Gasteiger partial charge in [-0.3, -0.25) is 0 Å². The number of benzene rings is 1. The van der Waals surface area contributed by atoms with Gasteiger partial charge in [-0.15, -0.1) is 0 Å². The molecule has 1 N–H and O–H groups in total. The van der Waals surface area contributed by atoms with Gasteiger partial charge in [-0.2, -0.15) is 0 Å². The molecule has 2 aromatic rings. The summed E-state index contributed by atoms with van der Waals surface area (Å²) in [5.74, 6) is 1.76. The fourth-order valence-corrected chi connectivity index (χ4v) is 3.40. The van der Waals surface area contributed by atoms with Crippen LogP contribution in [-0.4, -0.2) is 13.7 Å². The third-order valence-corrected chi connectivity index (χ3v) is 4.74. The van der Waals surface area contributed by atoms with E-state index < -0.39 is 0 Å². The molecule has 0 spiro atoms. The van der Waals surface area contributed by atoms with E-state index in [1.807, 2.05) is 19.1 Å². The molecule has 0 saturated heterocycles. The summed E-state index contributed by atoms with van der Waals surface area (Å²) in [4.78, 5) is 0. The van der Waals surface area contributed by atoms with Crippen molar-refractivity contribution in [3.05, 3.63) is 49.8 Å². The lowest BCUT2D eigenvalue weighted by Gasteiger charge is -2.23. The molecule has 3 nitrogen and oxygen atoms in total.